The van der Waals surface area contributed by atoms with Crippen LogP contribution in [0.3, 0.4) is 0 Å². The summed E-state index contributed by atoms with van der Waals surface area (Å²) in [6.07, 6.45) is 0. The van der Waals surface area contributed by atoms with E-state index in [-0.39, 0.29) is 23.2 Å². The van der Waals surface area contributed by atoms with Crippen LogP contribution in [0, 0.1) is 11.3 Å². The summed E-state index contributed by atoms with van der Waals surface area (Å²) < 4.78 is 5.56. The number of hydrogen-bond donors (Lipinski definition) is 2. The lowest BCUT2D eigenvalue weighted by Crippen LogP contribution is -2.16. The molecule has 7 nitrogen and oxygen atoms in total. The lowest BCUT2D eigenvalue weighted by molar-refractivity contribution is 0.621. The van der Waals surface area contributed by atoms with Crippen molar-refractivity contribution >= 4 is 34.7 Å². The summed E-state index contributed by atoms with van der Waals surface area (Å²) in [5.74, 6) is 0.116. The van der Waals surface area contributed by atoms with Gasteiger partial charge in [-0.25, -0.2) is 4.98 Å². The van der Waals surface area contributed by atoms with Crippen molar-refractivity contribution in [2.24, 2.45) is 0 Å². The van der Waals surface area contributed by atoms with E-state index in [1.165, 1.54) is 0 Å². The number of aromatic nitrogens is 3. The fraction of sp³-hybridized carbons (Fsp3) is 0. The van der Waals surface area contributed by atoms with Crippen LogP contribution in [0.25, 0.3) is 22.4 Å². The van der Waals surface area contributed by atoms with Crippen molar-refractivity contribution in [3.8, 4) is 17.3 Å². The van der Waals surface area contributed by atoms with Crippen molar-refractivity contribution < 1.29 is 4.42 Å². The first kappa shape index (κ1) is 15.9. The summed E-state index contributed by atoms with van der Waals surface area (Å²) in [6.45, 7) is 0. The maximum atomic E-state index is 12.3. The SMILES string of the molecule is N#Cc1c(-c2ccc(Cl)cc2)nc(Nc2nc3ccccc3o2)[nH]c1=O. The summed E-state index contributed by atoms with van der Waals surface area (Å²) in [7, 11) is 0. The Morgan fingerprint density at radius 2 is 1.88 bits per heavy atom. The van der Waals surface area contributed by atoms with Crippen LogP contribution in [0.5, 0.6) is 0 Å². The van der Waals surface area contributed by atoms with Crippen LogP contribution in [-0.4, -0.2) is 15.0 Å². The van der Waals surface area contributed by atoms with Gasteiger partial charge in [0.2, 0.25) is 5.95 Å². The normalized spacial score (nSPS) is 10.6. The number of anilines is 2. The fourth-order valence-corrected chi connectivity index (χ4v) is 2.61. The topological polar surface area (TPSA) is 108 Å². The minimum absolute atomic E-state index is 0.0876. The molecule has 0 fully saturated rings. The zero-order valence-corrected chi connectivity index (χ0v) is 13.9. The third-order valence-electron chi connectivity index (χ3n) is 3.67. The molecule has 0 amide bonds. The third-order valence-corrected chi connectivity index (χ3v) is 3.92. The van der Waals surface area contributed by atoms with E-state index in [4.69, 9.17) is 16.0 Å². The van der Waals surface area contributed by atoms with Gasteiger partial charge in [0.25, 0.3) is 5.56 Å². The van der Waals surface area contributed by atoms with Crippen LogP contribution < -0.4 is 10.9 Å². The number of nitriles is 1. The van der Waals surface area contributed by atoms with Gasteiger partial charge in [-0.1, -0.05) is 35.9 Å². The molecule has 0 aliphatic heterocycles. The lowest BCUT2D eigenvalue weighted by Gasteiger charge is -2.06. The average Bonchev–Trinajstić information content (AvgIpc) is 3.04. The van der Waals surface area contributed by atoms with E-state index in [0.29, 0.717) is 21.7 Å². The number of para-hydroxylation sites is 2. The molecule has 126 valence electrons. The second-order valence-corrected chi connectivity index (χ2v) is 5.81. The Morgan fingerprint density at radius 1 is 1.12 bits per heavy atom. The molecule has 0 radical (unpaired) electrons. The van der Waals surface area contributed by atoms with E-state index in [1.807, 2.05) is 18.2 Å². The first-order chi connectivity index (χ1) is 12.6. The maximum absolute atomic E-state index is 12.3. The number of H-pyrrole nitrogens is 1. The summed E-state index contributed by atoms with van der Waals surface area (Å²) >= 11 is 5.90. The zero-order valence-electron chi connectivity index (χ0n) is 13.2. The molecule has 0 saturated heterocycles. The van der Waals surface area contributed by atoms with Crippen molar-refractivity contribution in [1.29, 1.82) is 5.26 Å². The molecule has 2 aromatic heterocycles. The highest BCUT2D eigenvalue weighted by atomic mass is 35.5. The first-order valence-corrected chi connectivity index (χ1v) is 7.95. The minimum Gasteiger partial charge on any atom is -0.423 e. The number of nitrogens with zero attached hydrogens (tertiary/aromatic N) is 3. The summed E-state index contributed by atoms with van der Waals surface area (Å²) in [6, 6.07) is 16.0. The van der Waals surface area contributed by atoms with E-state index in [0.717, 1.165) is 0 Å². The molecule has 2 heterocycles. The molecule has 4 rings (SSSR count). The molecule has 4 aromatic rings. The van der Waals surface area contributed by atoms with E-state index in [2.05, 4.69) is 20.3 Å². The van der Waals surface area contributed by atoms with Crippen LogP contribution in [-0.2, 0) is 0 Å². The average molecular weight is 364 g/mol. The minimum atomic E-state index is -0.564. The highest BCUT2D eigenvalue weighted by molar-refractivity contribution is 6.30. The summed E-state index contributed by atoms with van der Waals surface area (Å²) in [4.78, 5) is 23.4. The smallest absolute Gasteiger partial charge is 0.302 e. The predicted molar refractivity (Wildman–Crippen MR) is 97.3 cm³/mol. The number of rotatable bonds is 3. The highest BCUT2D eigenvalue weighted by Gasteiger charge is 2.15. The second kappa shape index (κ2) is 6.35. The molecule has 0 saturated carbocycles. The van der Waals surface area contributed by atoms with Crippen molar-refractivity contribution in [3.05, 3.63) is 69.5 Å². The molecule has 26 heavy (non-hydrogen) atoms. The lowest BCUT2D eigenvalue weighted by atomic mass is 10.1. The molecule has 0 bridgehead atoms. The molecule has 2 aromatic carbocycles. The number of hydrogen-bond acceptors (Lipinski definition) is 6. The monoisotopic (exact) mass is 363 g/mol. The Bertz CT molecular complexity index is 1170. The Balaban J connectivity index is 1.78. The van der Waals surface area contributed by atoms with Crippen molar-refractivity contribution in [1.82, 2.24) is 15.0 Å². The van der Waals surface area contributed by atoms with Gasteiger partial charge in [0.15, 0.2) is 5.58 Å². The molecule has 0 atom stereocenters. The van der Waals surface area contributed by atoms with Gasteiger partial charge >= 0.3 is 6.01 Å². The van der Waals surface area contributed by atoms with Gasteiger partial charge in [-0.2, -0.15) is 10.2 Å². The summed E-state index contributed by atoms with van der Waals surface area (Å²) in [5.41, 5.74) is 1.46. The molecule has 0 spiro atoms. The number of fused-ring (bicyclic) bond motifs is 1. The van der Waals surface area contributed by atoms with E-state index < -0.39 is 5.56 Å². The van der Waals surface area contributed by atoms with Crippen LogP contribution in [0.15, 0.2) is 57.7 Å². The van der Waals surface area contributed by atoms with Gasteiger partial charge < -0.3 is 4.42 Å². The third kappa shape index (κ3) is 2.90. The van der Waals surface area contributed by atoms with Gasteiger partial charge in [0, 0.05) is 10.6 Å². The molecule has 0 aliphatic rings. The number of halogens is 1. The molecular formula is C18H10ClN5O2. The van der Waals surface area contributed by atoms with Gasteiger partial charge in [-0.05, 0) is 24.3 Å². The Hall–Kier alpha value is -3.63. The van der Waals surface area contributed by atoms with Gasteiger partial charge in [0.1, 0.15) is 17.1 Å². The zero-order chi connectivity index (χ0) is 18.1. The van der Waals surface area contributed by atoms with Gasteiger partial charge in [0.05, 0.1) is 5.69 Å². The molecule has 0 unspecified atom stereocenters. The Kier molecular flexibility index (Phi) is 3.88. The Morgan fingerprint density at radius 3 is 2.62 bits per heavy atom. The van der Waals surface area contributed by atoms with Crippen LogP contribution >= 0.6 is 11.6 Å². The van der Waals surface area contributed by atoms with E-state index in [9.17, 15) is 10.1 Å². The second-order valence-electron chi connectivity index (χ2n) is 5.37. The quantitative estimate of drug-likeness (QED) is 0.572. The van der Waals surface area contributed by atoms with Crippen molar-refractivity contribution in [2.45, 2.75) is 0 Å². The van der Waals surface area contributed by atoms with E-state index in [1.54, 1.807) is 36.4 Å². The van der Waals surface area contributed by atoms with E-state index >= 15 is 0 Å². The van der Waals surface area contributed by atoms with Crippen LogP contribution in [0.2, 0.25) is 5.02 Å². The largest absolute Gasteiger partial charge is 0.423 e. The number of aromatic amines is 1. The van der Waals surface area contributed by atoms with Crippen LogP contribution in [0.1, 0.15) is 5.56 Å². The highest BCUT2D eigenvalue weighted by Crippen LogP contribution is 2.24. The molecule has 2 N–H and O–H groups in total. The standard InChI is InChI=1S/C18H10ClN5O2/c19-11-7-5-10(6-8-11)15-12(9-20)16(25)23-17(22-15)24-18-21-13-3-1-2-4-14(13)26-18/h1-8H,(H2,21,22,23,24,25). The Labute approximate surface area is 151 Å². The number of benzene rings is 2. The number of nitrogens with one attached hydrogen (secondary N) is 2. The van der Waals surface area contributed by atoms with Crippen molar-refractivity contribution in [3.63, 3.8) is 0 Å². The first-order valence-electron chi connectivity index (χ1n) is 7.57. The molecule has 8 heteroatoms. The summed E-state index contributed by atoms with van der Waals surface area (Å²) in [5, 5.41) is 12.7. The molecular weight excluding hydrogens is 354 g/mol. The molecule has 0 aliphatic carbocycles. The fourth-order valence-electron chi connectivity index (χ4n) is 2.48. The van der Waals surface area contributed by atoms with Gasteiger partial charge in [-0.15, -0.1) is 0 Å². The van der Waals surface area contributed by atoms with Crippen molar-refractivity contribution in [2.75, 3.05) is 5.32 Å². The van der Waals surface area contributed by atoms with Crippen LogP contribution in [0.4, 0.5) is 12.0 Å². The van der Waals surface area contributed by atoms with Gasteiger partial charge in [-0.3, -0.25) is 15.1 Å². The number of oxazole rings is 1. The predicted octanol–water partition coefficient (Wildman–Crippen LogP) is 3.85. The maximum Gasteiger partial charge on any atom is 0.302 e.